The Morgan fingerprint density at radius 2 is 1.39 bits per heavy atom. The van der Waals surface area contributed by atoms with Crippen molar-refractivity contribution in [1.29, 1.82) is 0 Å². The van der Waals surface area contributed by atoms with E-state index in [2.05, 4.69) is 44.6 Å². The van der Waals surface area contributed by atoms with Gasteiger partial charge in [-0.3, -0.25) is 0 Å². The highest BCUT2D eigenvalue weighted by atomic mass is 28.4. The molecule has 140 valence electrons. The van der Waals surface area contributed by atoms with Gasteiger partial charge in [-0.05, 0) is 73.0 Å². The quantitative estimate of drug-likeness (QED) is 0.315. The van der Waals surface area contributed by atoms with Crippen molar-refractivity contribution in [3.8, 4) is 0 Å². The Labute approximate surface area is 145 Å². The molecule has 1 unspecified atom stereocenters. The second-order valence-electron chi connectivity index (χ2n) is 8.71. The molecule has 0 radical (unpaired) electrons. The fourth-order valence-electron chi connectivity index (χ4n) is 2.81. The molecule has 5 nitrogen and oxygen atoms in total. The summed E-state index contributed by atoms with van der Waals surface area (Å²) in [4.78, 5) is 0. The smallest absolute Gasteiger partial charge is 0.187 e. The van der Waals surface area contributed by atoms with Gasteiger partial charge < -0.3 is 24.6 Å². The van der Waals surface area contributed by atoms with Crippen LogP contribution >= 0.6 is 0 Å². The maximum atomic E-state index is 6.38. The van der Waals surface area contributed by atoms with E-state index < -0.39 is 28.2 Å². The first-order valence-electron chi connectivity index (χ1n) is 8.69. The van der Waals surface area contributed by atoms with Gasteiger partial charge in [0.25, 0.3) is 0 Å². The lowest BCUT2D eigenvalue weighted by molar-refractivity contribution is -0.298. The van der Waals surface area contributed by atoms with Gasteiger partial charge in [-0.1, -0.05) is 0 Å². The van der Waals surface area contributed by atoms with E-state index in [9.17, 15) is 0 Å². The minimum absolute atomic E-state index is 0.627. The monoisotopic (exact) mass is 364 g/mol. The Morgan fingerprint density at radius 1 is 0.870 bits per heavy atom. The molecule has 0 fully saturated rings. The maximum Gasteiger partial charge on any atom is 0.187 e. The highest BCUT2D eigenvalue weighted by Crippen LogP contribution is 2.31. The van der Waals surface area contributed by atoms with Crippen LogP contribution < -0.4 is 11.1 Å². The summed E-state index contributed by atoms with van der Waals surface area (Å²) in [7, 11) is -3.43. The van der Waals surface area contributed by atoms with Gasteiger partial charge in [-0.2, -0.15) is 0 Å². The highest BCUT2D eigenvalue weighted by Gasteiger charge is 2.39. The first kappa shape index (κ1) is 23.2. The van der Waals surface area contributed by atoms with Crippen LogP contribution in [0, 0.1) is 0 Å². The summed E-state index contributed by atoms with van der Waals surface area (Å²) in [5, 5.41) is 3.32. The minimum Gasteiger partial charge on any atom is -0.391 e. The molecule has 1 atom stereocenters. The molecule has 0 aliphatic carbocycles. The Hall–Kier alpha value is 0.234. The van der Waals surface area contributed by atoms with Crippen molar-refractivity contribution in [2.24, 2.45) is 5.73 Å². The summed E-state index contributed by atoms with van der Waals surface area (Å²) in [6.07, 6.45) is 1.80. The van der Waals surface area contributed by atoms with Crippen LogP contribution in [0.1, 0.15) is 33.6 Å². The third kappa shape index (κ3) is 13.2. The zero-order chi connectivity index (χ0) is 18.4. The van der Waals surface area contributed by atoms with Crippen molar-refractivity contribution in [3.63, 3.8) is 0 Å². The lowest BCUT2D eigenvalue weighted by atomic mass is 10.1. The van der Waals surface area contributed by atoms with Crippen LogP contribution in [0.5, 0.6) is 0 Å². The molecule has 0 bridgehead atoms. The normalized spacial score (nSPS) is 16.4. The van der Waals surface area contributed by atoms with Gasteiger partial charge in [0.2, 0.25) is 0 Å². The molecule has 7 heteroatoms. The van der Waals surface area contributed by atoms with Gasteiger partial charge in [0.1, 0.15) is 0 Å². The zero-order valence-corrected chi connectivity index (χ0v) is 18.8. The predicted molar refractivity (Wildman–Crippen MR) is 104 cm³/mol. The molecule has 3 N–H and O–H groups in total. The van der Waals surface area contributed by atoms with Crippen LogP contribution in [-0.4, -0.2) is 47.8 Å². The maximum absolute atomic E-state index is 6.38. The Bertz CT molecular complexity index is 341. The molecule has 0 amide bonds. The van der Waals surface area contributed by atoms with Crippen molar-refractivity contribution < 1.29 is 13.6 Å². The fraction of sp³-hybridized carbons (Fsp3) is 1.00. The molecule has 0 aliphatic heterocycles. The molecular formula is C16H40N2O3Si2. The van der Waals surface area contributed by atoms with Gasteiger partial charge in [-0.25, -0.2) is 0 Å². The summed E-state index contributed by atoms with van der Waals surface area (Å²) in [5.41, 5.74) is 5.50. The van der Waals surface area contributed by atoms with Gasteiger partial charge in [0.05, 0.1) is 0 Å². The van der Waals surface area contributed by atoms with Gasteiger partial charge in [0.15, 0.2) is 28.2 Å². The number of hydrogen-bond donors (Lipinski definition) is 2. The number of hydrogen-bond acceptors (Lipinski definition) is 5. The van der Waals surface area contributed by atoms with Crippen LogP contribution in [0.4, 0.5) is 0 Å². The number of nitrogens with one attached hydrogen (secondary N) is 1. The third-order valence-corrected chi connectivity index (χ3v) is 4.99. The number of ether oxygens (including phenoxy) is 1. The lowest BCUT2D eigenvalue weighted by Gasteiger charge is -2.43. The molecule has 0 aromatic heterocycles. The average molecular weight is 365 g/mol. The van der Waals surface area contributed by atoms with Crippen LogP contribution in [0.3, 0.4) is 0 Å². The predicted octanol–water partition coefficient (Wildman–Crippen LogP) is 3.49. The van der Waals surface area contributed by atoms with E-state index in [1.807, 2.05) is 20.8 Å². The van der Waals surface area contributed by atoms with Crippen molar-refractivity contribution >= 4 is 16.6 Å². The summed E-state index contributed by atoms with van der Waals surface area (Å²) >= 11 is 0. The molecular weight excluding hydrogens is 324 g/mol. The standard InChI is InChI=1S/C16H40N2O3Si2/c1-15(2,20-22(4,5)6)19-16(3,21-23(7,8)9)11-10-13-18-14-12-17/h18H,10-14,17H2,1-9H3. The van der Waals surface area contributed by atoms with Crippen molar-refractivity contribution in [3.05, 3.63) is 0 Å². The zero-order valence-electron chi connectivity index (χ0n) is 16.8. The molecule has 0 saturated heterocycles. The highest BCUT2D eigenvalue weighted by molar-refractivity contribution is 6.70. The molecule has 0 saturated carbocycles. The Balaban J connectivity index is 4.84. The van der Waals surface area contributed by atoms with Gasteiger partial charge >= 0.3 is 0 Å². The molecule has 0 aromatic rings. The van der Waals surface area contributed by atoms with E-state index >= 15 is 0 Å². The second-order valence-corrected chi connectivity index (χ2v) is 17.6. The van der Waals surface area contributed by atoms with E-state index in [4.69, 9.17) is 19.3 Å². The first-order chi connectivity index (χ1) is 10.2. The second kappa shape index (κ2) is 9.08. The van der Waals surface area contributed by atoms with Crippen LogP contribution in [0.2, 0.25) is 39.3 Å². The summed E-state index contributed by atoms with van der Waals surface area (Å²) in [5.74, 6) is -1.28. The lowest BCUT2D eigenvalue weighted by Crippen LogP contribution is -2.51. The van der Waals surface area contributed by atoms with Crippen LogP contribution in [0.25, 0.3) is 0 Å². The topological polar surface area (TPSA) is 65.7 Å². The molecule has 0 aliphatic rings. The SMILES string of the molecule is CC(C)(OC(C)(CCCNCCN)O[Si](C)(C)C)O[Si](C)(C)C. The van der Waals surface area contributed by atoms with E-state index in [-0.39, 0.29) is 0 Å². The number of nitrogens with two attached hydrogens (primary N) is 1. The summed E-state index contributed by atoms with van der Waals surface area (Å²) in [6.45, 7) is 21.5. The molecule has 0 heterocycles. The molecule has 0 rings (SSSR count). The third-order valence-electron chi connectivity index (χ3n) is 2.84. The summed E-state index contributed by atoms with van der Waals surface area (Å²) in [6, 6.07) is 0. The Morgan fingerprint density at radius 3 is 1.83 bits per heavy atom. The van der Waals surface area contributed by atoms with Crippen molar-refractivity contribution in [2.45, 2.75) is 84.5 Å². The van der Waals surface area contributed by atoms with E-state index in [1.54, 1.807) is 0 Å². The molecule has 0 aromatic carbocycles. The summed E-state index contributed by atoms with van der Waals surface area (Å²) < 4.78 is 18.9. The van der Waals surface area contributed by atoms with E-state index in [0.717, 1.165) is 25.9 Å². The van der Waals surface area contributed by atoms with Crippen molar-refractivity contribution in [2.75, 3.05) is 19.6 Å². The largest absolute Gasteiger partial charge is 0.391 e. The first-order valence-corrected chi connectivity index (χ1v) is 15.5. The average Bonchev–Trinajstić information content (AvgIpc) is 2.20. The minimum atomic E-state index is -1.74. The van der Waals surface area contributed by atoms with Crippen molar-refractivity contribution in [1.82, 2.24) is 5.32 Å². The number of rotatable bonds is 12. The van der Waals surface area contributed by atoms with Crippen LogP contribution in [0.15, 0.2) is 0 Å². The molecule has 23 heavy (non-hydrogen) atoms. The van der Waals surface area contributed by atoms with E-state index in [1.165, 1.54) is 0 Å². The van der Waals surface area contributed by atoms with Crippen LogP contribution in [-0.2, 0) is 13.6 Å². The Kier molecular flexibility index (Phi) is 9.17. The van der Waals surface area contributed by atoms with Gasteiger partial charge in [0, 0.05) is 19.5 Å². The van der Waals surface area contributed by atoms with E-state index in [0.29, 0.717) is 6.54 Å². The van der Waals surface area contributed by atoms with Gasteiger partial charge in [-0.15, -0.1) is 0 Å². The molecule has 0 spiro atoms. The fourth-order valence-corrected chi connectivity index (χ4v) is 5.77.